The van der Waals surface area contributed by atoms with Crippen molar-refractivity contribution in [3.05, 3.63) is 32.5 Å². The SMILES string of the molecule is COc1cc(F)cc(Br)c1[N+](=O)[O-]. The van der Waals surface area contributed by atoms with Crippen molar-refractivity contribution in [3.63, 3.8) is 0 Å². The number of nitro groups is 1. The van der Waals surface area contributed by atoms with Crippen LogP contribution in [0.1, 0.15) is 0 Å². The highest BCUT2D eigenvalue weighted by Crippen LogP contribution is 2.35. The molecule has 1 rings (SSSR count). The van der Waals surface area contributed by atoms with E-state index in [0.29, 0.717) is 0 Å². The number of nitro benzene ring substituents is 1. The Balaban J connectivity index is 3.38. The summed E-state index contributed by atoms with van der Waals surface area (Å²) in [6.07, 6.45) is 0. The Morgan fingerprint density at radius 1 is 1.62 bits per heavy atom. The Kier molecular flexibility index (Phi) is 2.82. The number of hydrogen-bond acceptors (Lipinski definition) is 3. The third-order valence-electron chi connectivity index (χ3n) is 1.40. The van der Waals surface area contributed by atoms with E-state index in [4.69, 9.17) is 0 Å². The molecule has 0 saturated heterocycles. The van der Waals surface area contributed by atoms with Gasteiger partial charge < -0.3 is 4.74 Å². The first-order valence-corrected chi connectivity index (χ1v) is 4.03. The average molecular weight is 250 g/mol. The fourth-order valence-corrected chi connectivity index (χ4v) is 1.43. The van der Waals surface area contributed by atoms with Crippen LogP contribution in [0, 0.1) is 15.9 Å². The van der Waals surface area contributed by atoms with Crippen molar-refractivity contribution in [1.29, 1.82) is 0 Å². The molecule has 70 valence electrons. The summed E-state index contributed by atoms with van der Waals surface area (Å²) in [4.78, 5) is 9.85. The van der Waals surface area contributed by atoms with Gasteiger partial charge in [-0.25, -0.2) is 4.39 Å². The summed E-state index contributed by atoms with van der Waals surface area (Å²) in [7, 11) is 1.24. The summed E-state index contributed by atoms with van der Waals surface area (Å²) in [5.41, 5.74) is -0.274. The van der Waals surface area contributed by atoms with Crippen LogP contribution in [0.4, 0.5) is 10.1 Å². The van der Waals surface area contributed by atoms with Crippen molar-refractivity contribution in [3.8, 4) is 5.75 Å². The first kappa shape index (κ1) is 9.91. The van der Waals surface area contributed by atoms with Crippen LogP contribution in [0.25, 0.3) is 0 Å². The smallest absolute Gasteiger partial charge is 0.325 e. The van der Waals surface area contributed by atoms with E-state index in [9.17, 15) is 14.5 Å². The van der Waals surface area contributed by atoms with Gasteiger partial charge in [-0.1, -0.05) is 0 Å². The molecule has 0 aliphatic carbocycles. The summed E-state index contributed by atoms with van der Waals surface area (Å²) < 4.78 is 17.4. The molecular weight excluding hydrogens is 245 g/mol. The molecule has 0 aliphatic rings. The molecule has 0 amide bonds. The highest BCUT2D eigenvalue weighted by atomic mass is 79.9. The van der Waals surface area contributed by atoms with Gasteiger partial charge in [-0.3, -0.25) is 10.1 Å². The number of halogens is 2. The summed E-state index contributed by atoms with van der Waals surface area (Å²) in [5.74, 6) is -0.689. The molecule has 0 aromatic heterocycles. The predicted octanol–water partition coefficient (Wildman–Crippen LogP) is 2.51. The van der Waals surface area contributed by atoms with Crippen LogP contribution >= 0.6 is 15.9 Å². The fraction of sp³-hybridized carbons (Fsp3) is 0.143. The van der Waals surface area contributed by atoms with Crippen molar-refractivity contribution < 1.29 is 14.1 Å². The Hall–Kier alpha value is -1.17. The first-order valence-electron chi connectivity index (χ1n) is 3.23. The second kappa shape index (κ2) is 3.69. The largest absolute Gasteiger partial charge is 0.490 e. The normalized spacial score (nSPS) is 9.77. The number of rotatable bonds is 2. The second-order valence-corrected chi connectivity index (χ2v) is 3.05. The van der Waals surface area contributed by atoms with Crippen molar-refractivity contribution in [2.75, 3.05) is 7.11 Å². The lowest BCUT2D eigenvalue weighted by atomic mass is 10.3. The van der Waals surface area contributed by atoms with Gasteiger partial charge >= 0.3 is 5.69 Å². The molecule has 0 bridgehead atoms. The Bertz CT molecular complexity index is 356. The summed E-state index contributed by atoms with van der Waals surface area (Å²) in [6, 6.07) is 1.98. The summed E-state index contributed by atoms with van der Waals surface area (Å²) in [5, 5.41) is 10.5. The van der Waals surface area contributed by atoms with Gasteiger partial charge in [0.1, 0.15) is 10.3 Å². The van der Waals surface area contributed by atoms with Crippen molar-refractivity contribution in [2.45, 2.75) is 0 Å². The predicted molar refractivity (Wildman–Crippen MR) is 47.3 cm³/mol. The maximum atomic E-state index is 12.7. The van der Waals surface area contributed by atoms with Gasteiger partial charge in [-0.05, 0) is 22.0 Å². The number of hydrogen-bond donors (Lipinski definition) is 0. The van der Waals surface area contributed by atoms with E-state index in [1.165, 1.54) is 7.11 Å². The third-order valence-corrected chi connectivity index (χ3v) is 2.00. The minimum atomic E-state index is -0.637. The molecule has 0 spiro atoms. The number of nitrogens with zero attached hydrogens (tertiary/aromatic N) is 1. The second-order valence-electron chi connectivity index (χ2n) is 2.20. The lowest BCUT2D eigenvalue weighted by Crippen LogP contribution is -1.95. The molecule has 0 fully saturated rings. The van der Waals surface area contributed by atoms with Gasteiger partial charge in [-0.15, -0.1) is 0 Å². The van der Waals surface area contributed by atoms with Gasteiger partial charge in [-0.2, -0.15) is 0 Å². The molecule has 1 aromatic carbocycles. The van der Waals surface area contributed by atoms with E-state index < -0.39 is 10.7 Å². The first-order chi connectivity index (χ1) is 6.06. The highest BCUT2D eigenvalue weighted by Gasteiger charge is 2.20. The van der Waals surface area contributed by atoms with Gasteiger partial charge in [0.25, 0.3) is 0 Å². The molecule has 4 nitrogen and oxygen atoms in total. The van der Waals surface area contributed by atoms with Crippen LogP contribution in [-0.2, 0) is 0 Å². The summed E-state index contributed by atoms with van der Waals surface area (Å²) in [6.45, 7) is 0. The topological polar surface area (TPSA) is 52.4 Å². The van der Waals surface area contributed by atoms with E-state index in [1.54, 1.807) is 0 Å². The average Bonchev–Trinajstić information content (AvgIpc) is 2.01. The summed E-state index contributed by atoms with van der Waals surface area (Å²) >= 11 is 2.88. The third kappa shape index (κ3) is 1.95. The quantitative estimate of drug-likeness (QED) is 0.598. The lowest BCUT2D eigenvalue weighted by molar-refractivity contribution is -0.386. The monoisotopic (exact) mass is 249 g/mol. The number of ether oxygens (including phenoxy) is 1. The zero-order valence-corrected chi connectivity index (χ0v) is 8.17. The van der Waals surface area contributed by atoms with Gasteiger partial charge in [0.2, 0.25) is 5.75 Å². The molecule has 0 unspecified atom stereocenters. The minimum absolute atomic E-state index is 0.0642. The number of benzene rings is 1. The Morgan fingerprint density at radius 2 is 2.23 bits per heavy atom. The van der Waals surface area contributed by atoms with Crippen LogP contribution in [-0.4, -0.2) is 12.0 Å². The van der Waals surface area contributed by atoms with E-state index in [1.807, 2.05) is 0 Å². The van der Waals surface area contributed by atoms with Crippen LogP contribution in [0.5, 0.6) is 5.75 Å². The lowest BCUT2D eigenvalue weighted by Gasteiger charge is -2.02. The van der Waals surface area contributed by atoms with E-state index in [0.717, 1.165) is 12.1 Å². The van der Waals surface area contributed by atoms with Crippen LogP contribution < -0.4 is 4.74 Å². The highest BCUT2D eigenvalue weighted by molar-refractivity contribution is 9.10. The fourth-order valence-electron chi connectivity index (χ4n) is 0.875. The van der Waals surface area contributed by atoms with Crippen LogP contribution in [0.2, 0.25) is 0 Å². The number of methoxy groups -OCH3 is 1. The van der Waals surface area contributed by atoms with Gasteiger partial charge in [0.05, 0.1) is 12.0 Å². The van der Waals surface area contributed by atoms with Crippen molar-refractivity contribution in [1.82, 2.24) is 0 Å². The molecule has 13 heavy (non-hydrogen) atoms. The molecule has 0 saturated carbocycles. The molecule has 0 heterocycles. The molecule has 0 N–H and O–H groups in total. The maximum Gasteiger partial charge on any atom is 0.325 e. The van der Waals surface area contributed by atoms with Gasteiger partial charge in [0, 0.05) is 6.07 Å². The molecule has 0 radical (unpaired) electrons. The molecule has 0 aliphatic heterocycles. The Morgan fingerprint density at radius 3 is 2.69 bits per heavy atom. The zero-order valence-electron chi connectivity index (χ0n) is 6.58. The standard InChI is InChI=1S/C7H5BrFNO3/c1-13-6-3-4(9)2-5(8)7(6)10(11)12/h2-3H,1H3. The van der Waals surface area contributed by atoms with E-state index in [-0.39, 0.29) is 15.9 Å². The van der Waals surface area contributed by atoms with Gasteiger partial charge in [0.15, 0.2) is 0 Å². The molecular formula is C7H5BrFNO3. The zero-order chi connectivity index (χ0) is 10.0. The molecule has 1 aromatic rings. The van der Waals surface area contributed by atoms with Crippen LogP contribution in [0.15, 0.2) is 16.6 Å². The minimum Gasteiger partial charge on any atom is -0.490 e. The molecule has 6 heteroatoms. The van der Waals surface area contributed by atoms with Crippen molar-refractivity contribution >= 4 is 21.6 Å². The maximum absolute atomic E-state index is 12.7. The van der Waals surface area contributed by atoms with E-state index in [2.05, 4.69) is 20.7 Å². The molecule has 0 atom stereocenters. The Labute approximate surface area is 81.6 Å². The van der Waals surface area contributed by atoms with Crippen LogP contribution in [0.3, 0.4) is 0 Å². The van der Waals surface area contributed by atoms with Crippen molar-refractivity contribution in [2.24, 2.45) is 0 Å². The van der Waals surface area contributed by atoms with E-state index >= 15 is 0 Å².